The van der Waals surface area contributed by atoms with Crippen molar-refractivity contribution in [3.05, 3.63) is 105 Å². The third-order valence-electron chi connectivity index (χ3n) is 5.20. The van der Waals surface area contributed by atoms with E-state index < -0.39 is 35.6 Å². The van der Waals surface area contributed by atoms with Gasteiger partial charge in [-0.1, -0.05) is 6.07 Å². The second-order valence-corrected chi connectivity index (χ2v) is 7.81. The van der Waals surface area contributed by atoms with Crippen LogP contribution in [0.3, 0.4) is 0 Å². The van der Waals surface area contributed by atoms with Gasteiger partial charge in [0, 0.05) is 18.3 Å². The van der Waals surface area contributed by atoms with Gasteiger partial charge < -0.3 is 5.32 Å². The van der Waals surface area contributed by atoms with Crippen LogP contribution in [0.5, 0.6) is 0 Å². The molecule has 0 saturated heterocycles. The van der Waals surface area contributed by atoms with Crippen molar-refractivity contribution in [3.8, 4) is 11.4 Å². The summed E-state index contributed by atoms with van der Waals surface area (Å²) in [6, 6.07) is 12.6. The number of amides is 1. The molecule has 180 valence electrons. The lowest BCUT2D eigenvalue weighted by Gasteiger charge is -2.16. The average Bonchev–Trinajstić information content (AvgIpc) is 3.15. The van der Waals surface area contributed by atoms with Crippen LogP contribution >= 0.6 is 0 Å². The fraction of sp³-hybridized carbons (Fsp3) is 0.167. The van der Waals surface area contributed by atoms with Crippen LogP contribution in [0.1, 0.15) is 33.0 Å². The SMILES string of the molecule is Cc1cc(C)n(-c2ccc(CNC(=O)c3ccc(=O)n(-c4ccc(F)cc4)n3)c(C(F)(F)F)c2)n1. The maximum absolute atomic E-state index is 13.8. The highest BCUT2D eigenvalue weighted by Crippen LogP contribution is 2.33. The largest absolute Gasteiger partial charge is 0.416 e. The number of aryl methyl sites for hydroxylation is 2. The number of hydrogen-bond donors (Lipinski definition) is 1. The maximum Gasteiger partial charge on any atom is 0.416 e. The first-order valence-electron chi connectivity index (χ1n) is 10.4. The number of alkyl halides is 3. The first-order chi connectivity index (χ1) is 16.5. The molecule has 0 fully saturated rings. The van der Waals surface area contributed by atoms with E-state index in [1.165, 1.54) is 28.9 Å². The number of carbonyl (C=O) groups is 1. The van der Waals surface area contributed by atoms with Crippen molar-refractivity contribution in [2.24, 2.45) is 0 Å². The molecule has 0 aliphatic rings. The van der Waals surface area contributed by atoms with Crippen molar-refractivity contribution in [3.63, 3.8) is 0 Å². The zero-order valence-electron chi connectivity index (χ0n) is 18.6. The second kappa shape index (κ2) is 9.16. The summed E-state index contributed by atoms with van der Waals surface area (Å²) in [6.45, 7) is 3.05. The van der Waals surface area contributed by atoms with Gasteiger partial charge in [0.15, 0.2) is 0 Å². The average molecular weight is 485 g/mol. The van der Waals surface area contributed by atoms with Gasteiger partial charge >= 0.3 is 6.18 Å². The van der Waals surface area contributed by atoms with Gasteiger partial charge in [0.1, 0.15) is 11.5 Å². The summed E-state index contributed by atoms with van der Waals surface area (Å²) in [6.07, 6.45) is -4.67. The summed E-state index contributed by atoms with van der Waals surface area (Å²) in [5.41, 5.74) is 0.00109. The van der Waals surface area contributed by atoms with Crippen molar-refractivity contribution in [1.29, 1.82) is 0 Å². The molecule has 1 amide bonds. The van der Waals surface area contributed by atoms with Crippen LogP contribution in [-0.2, 0) is 12.7 Å². The third kappa shape index (κ3) is 5.13. The van der Waals surface area contributed by atoms with E-state index >= 15 is 0 Å². The smallest absolute Gasteiger partial charge is 0.347 e. The van der Waals surface area contributed by atoms with Gasteiger partial charge in [-0.25, -0.2) is 9.07 Å². The molecule has 11 heteroatoms. The lowest BCUT2D eigenvalue weighted by molar-refractivity contribution is -0.138. The molecule has 0 aliphatic heterocycles. The molecule has 4 rings (SSSR count). The van der Waals surface area contributed by atoms with Gasteiger partial charge in [0.05, 0.1) is 22.6 Å². The molecule has 4 aromatic rings. The molecule has 2 aromatic heterocycles. The Morgan fingerprint density at radius 1 is 0.914 bits per heavy atom. The molecule has 35 heavy (non-hydrogen) atoms. The van der Waals surface area contributed by atoms with Crippen LogP contribution in [-0.4, -0.2) is 25.5 Å². The van der Waals surface area contributed by atoms with Crippen molar-refractivity contribution in [1.82, 2.24) is 24.9 Å². The predicted octanol–water partition coefficient (Wildman–Crippen LogP) is 4.12. The predicted molar refractivity (Wildman–Crippen MR) is 119 cm³/mol. The van der Waals surface area contributed by atoms with Crippen LogP contribution in [0, 0.1) is 19.7 Å². The number of halogens is 4. The second-order valence-electron chi connectivity index (χ2n) is 7.81. The Bertz CT molecular complexity index is 1460. The number of nitrogens with zero attached hydrogens (tertiary/aromatic N) is 4. The normalized spacial score (nSPS) is 11.5. The molecule has 1 N–H and O–H groups in total. The molecule has 0 unspecified atom stereocenters. The van der Waals surface area contributed by atoms with Crippen LogP contribution in [0.15, 0.2) is 65.5 Å². The number of carbonyl (C=O) groups excluding carboxylic acids is 1. The quantitative estimate of drug-likeness (QED) is 0.431. The van der Waals surface area contributed by atoms with E-state index in [1.807, 2.05) is 0 Å². The zero-order chi connectivity index (χ0) is 25.3. The van der Waals surface area contributed by atoms with Crippen molar-refractivity contribution in [2.45, 2.75) is 26.6 Å². The highest BCUT2D eigenvalue weighted by atomic mass is 19.4. The van der Waals surface area contributed by atoms with Gasteiger partial charge in [-0.05, 0) is 67.9 Å². The number of hydrogen-bond acceptors (Lipinski definition) is 4. The van der Waals surface area contributed by atoms with Gasteiger partial charge in [-0.3, -0.25) is 9.59 Å². The molecule has 0 bridgehead atoms. The summed E-state index contributed by atoms with van der Waals surface area (Å²) >= 11 is 0. The molecule has 0 spiro atoms. The number of benzene rings is 2. The lowest BCUT2D eigenvalue weighted by atomic mass is 10.1. The third-order valence-corrected chi connectivity index (χ3v) is 5.20. The van der Waals surface area contributed by atoms with Crippen molar-refractivity contribution >= 4 is 5.91 Å². The van der Waals surface area contributed by atoms with E-state index in [9.17, 15) is 27.2 Å². The molecule has 2 aromatic carbocycles. The van der Waals surface area contributed by atoms with E-state index in [1.54, 1.807) is 19.9 Å². The summed E-state index contributed by atoms with van der Waals surface area (Å²) in [5.74, 6) is -1.29. The molecule has 0 aliphatic carbocycles. The Morgan fingerprint density at radius 3 is 2.23 bits per heavy atom. The minimum absolute atomic E-state index is 0.150. The summed E-state index contributed by atoms with van der Waals surface area (Å²) < 4.78 is 56.9. The van der Waals surface area contributed by atoms with E-state index in [0.717, 1.165) is 35.0 Å². The molecular weight excluding hydrogens is 466 g/mol. The van der Waals surface area contributed by atoms with Gasteiger partial charge in [-0.2, -0.15) is 28.1 Å². The lowest BCUT2D eigenvalue weighted by Crippen LogP contribution is -2.29. The molecule has 2 heterocycles. The van der Waals surface area contributed by atoms with E-state index in [0.29, 0.717) is 11.4 Å². The number of nitrogens with one attached hydrogen (secondary N) is 1. The first-order valence-corrected chi connectivity index (χ1v) is 10.4. The van der Waals surface area contributed by atoms with Crippen molar-refractivity contribution < 1.29 is 22.4 Å². The summed E-state index contributed by atoms with van der Waals surface area (Å²) in [5, 5.41) is 10.6. The van der Waals surface area contributed by atoms with E-state index in [4.69, 9.17) is 0 Å². The van der Waals surface area contributed by atoms with Crippen LogP contribution in [0.4, 0.5) is 17.6 Å². The molecule has 0 radical (unpaired) electrons. The Kier molecular flexibility index (Phi) is 6.25. The zero-order valence-corrected chi connectivity index (χ0v) is 18.6. The Labute approximate surface area is 196 Å². The minimum atomic E-state index is -4.67. The fourth-order valence-electron chi connectivity index (χ4n) is 3.57. The molecular formula is C24H19F4N5O2. The van der Waals surface area contributed by atoms with Crippen LogP contribution < -0.4 is 10.9 Å². The maximum atomic E-state index is 13.8. The van der Waals surface area contributed by atoms with E-state index in [-0.39, 0.29) is 22.6 Å². The van der Waals surface area contributed by atoms with Crippen LogP contribution in [0.2, 0.25) is 0 Å². The first kappa shape index (κ1) is 23.9. The molecule has 0 saturated carbocycles. The Balaban J connectivity index is 1.59. The monoisotopic (exact) mass is 485 g/mol. The number of aromatic nitrogens is 4. The minimum Gasteiger partial charge on any atom is -0.347 e. The highest BCUT2D eigenvalue weighted by molar-refractivity contribution is 5.92. The number of rotatable bonds is 5. The molecule has 0 atom stereocenters. The van der Waals surface area contributed by atoms with Crippen molar-refractivity contribution in [2.75, 3.05) is 0 Å². The molecule has 7 nitrogen and oxygen atoms in total. The van der Waals surface area contributed by atoms with E-state index in [2.05, 4.69) is 15.5 Å². The summed E-state index contributed by atoms with van der Waals surface area (Å²) in [7, 11) is 0. The Hall–Kier alpha value is -4.28. The standard InChI is InChI=1S/C24H19F4N5O2/c1-14-11-15(2)32(30-14)19-6-3-16(20(12-19)24(26,27)28)13-29-23(35)21-9-10-22(34)33(31-21)18-7-4-17(25)5-8-18/h3-12H,13H2,1-2H3,(H,29,35). The highest BCUT2D eigenvalue weighted by Gasteiger charge is 2.34. The Morgan fingerprint density at radius 2 is 1.60 bits per heavy atom. The van der Waals surface area contributed by atoms with Gasteiger partial charge in [0.25, 0.3) is 11.5 Å². The summed E-state index contributed by atoms with van der Waals surface area (Å²) in [4.78, 5) is 24.8. The van der Waals surface area contributed by atoms with Gasteiger partial charge in [-0.15, -0.1) is 0 Å². The topological polar surface area (TPSA) is 81.8 Å². The fourth-order valence-corrected chi connectivity index (χ4v) is 3.57. The van der Waals surface area contributed by atoms with Gasteiger partial charge in [0.2, 0.25) is 0 Å². The van der Waals surface area contributed by atoms with Crippen LogP contribution in [0.25, 0.3) is 11.4 Å².